The summed E-state index contributed by atoms with van der Waals surface area (Å²) in [6.45, 7) is 0.706. The Balaban J connectivity index is 1.73. The van der Waals surface area contributed by atoms with Gasteiger partial charge in [0.2, 0.25) is 0 Å². The molecule has 1 atom stereocenters. The van der Waals surface area contributed by atoms with Gasteiger partial charge >= 0.3 is 0 Å². The van der Waals surface area contributed by atoms with Crippen molar-refractivity contribution in [3.05, 3.63) is 64.4 Å². The molecule has 2 heterocycles. The van der Waals surface area contributed by atoms with Crippen LogP contribution in [0.25, 0.3) is 11.0 Å². The Labute approximate surface area is 126 Å². The van der Waals surface area contributed by atoms with E-state index in [0.29, 0.717) is 17.4 Å². The smallest absolute Gasteiger partial charge is 0.138 e. The van der Waals surface area contributed by atoms with E-state index < -0.39 is 6.10 Å². The van der Waals surface area contributed by atoms with Gasteiger partial charge in [-0.25, -0.2) is 0 Å². The molecule has 0 fully saturated rings. The van der Waals surface area contributed by atoms with Gasteiger partial charge in [-0.1, -0.05) is 17.7 Å². The highest BCUT2D eigenvalue weighted by Gasteiger charge is 2.19. The lowest BCUT2D eigenvalue weighted by atomic mass is 10.0. The first-order valence-electron chi connectivity index (χ1n) is 6.83. The minimum atomic E-state index is -0.790. The third kappa shape index (κ3) is 2.19. The fourth-order valence-electron chi connectivity index (χ4n) is 2.71. The van der Waals surface area contributed by atoms with Crippen LogP contribution in [-0.2, 0) is 6.42 Å². The molecule has 0 bridgehead atoms. The van der Waals surface area contributed by atoms with Gasteiger partial charge in [-0.3, -0.25) is 0 Å². The van der Waals surface area contributed by atoms with Gasteiger partial charge in [0.25, 0.3) is 0 Å². The van der Waals surface area contributed by atoms with Crippen molar-refractivity contribution in [3.63, 3.8) is 0 Å². The molecule has 3 aromatic rings. The molecule has 1 aliphatic rings. The van der Waals surface area contributed by atoms with Gasteiger partial charge in [-0.15, -0.1) is 0 Å². The van der Waals surface area contributed by atoms with Crippen molar-refractivity contribution in [1.29, 1.82) is 0 Å². The van der Waals surface area contributed by atoms with Crippen LogP contribution in [0, 0.1) is 0 Å². The Morgan fingerprint density at radius 2 is 2.00 bits per heavy atom. The Morgan fingerprint density at radius 3 is 2.90 bits per heavy atom. The fourth-order valence-corrected chi connectivity index (χ4v) is 2.89. The maximum atomic E-state index is 10.5. The van der Waals surface area contributed by atoms with E-state index in [0.717, 1.165) is 34.3 Å². The number of aliphatic hydroxyl groups is 1. The maximum absolute atomic E-state index is 10.5. The zero-order valence-electron chi connectivity index (χ0n) is 11.2. The number of hydrogen-bond donors (Lipinski definition) is 1. The zero-order valence-corrected chi connectivity index (χ0v) is 11.9. The first-order chi connectivity index (χ1) is 10.2. The van der Waals surface area contributed by atoms with E-state index in [4.69, 9.17) is 20.8 Å². The summed E-state index contributed by atoms with van der Waals surface area (Å²) in [6.07, 6.45) is 0.0908. The Hall–Kier alpha value is -1.97. The maximum Gasteiger partial charge on any atom is 0.138 e. The van der Waals surface area contributed by atoms with Crippen LogP contribution in [0.5, 0.6) is 5.75 Å². The van der Waals surface area contributed by atoms with E-state index in [-0.39, 0.29) is 0 Å². The monoisotopic (exact) mass is 300 g/mol. The van der Waals surface area contributed by atoms with Gasteiger partial charge in [0.05, 0.1) is 6.61 Å². The number of aliphatic hydroxyl groups excluding tert-OH is 1. The summed E-state index contributed by atoms with van der Waals surface area (Å²) < 4.78 is 11.2. The molecular weight excluding hydrogens is 288 g/mol. The van der Waals surface area contributed by atoms with Gasteiger partial charge in [0.15, 0.2) is 0 Å². The summed E-state index contributed by atoms with van der Waals surface area (Å²) in [5, 5.41) is 12.1. The molecule has 0 saturated carbocycles. The van der Waals surface area contributed by atoms with Crippen LogP contribution in [0.1, 0.15) is 23.0 Å². The molecule has 0 spiro atoms. The van der Waals surface area contributed by atoms with Crippen molar-refractivity contribution in [3.8, 4) is 5.75 Å². The quantitative estimate of drug-likeness (QED) is 0.774. The number of ether oxygens (including phenoxy) is 1. The molecular formula is C17H13ClO3. The topological polar surface area (TPSA) is 42.6 Å². The molecule has 21 heavy (non-hydrogen) atoms. The van der Waals surface area contributed by atoms with E-state index >= 15 is 0 Å². The number of benzene rings is 2. The molecule has 1 N–H and O–H groups in total. The molecule has 3 nitrogen and oxygen atoms in total. The van der Waals surface area contributed by atoms with Gasteiger partial charge in [0.1, 0.15) is 23.2 Å². The average Bonchev–Trinajstić information content (AvgIpc) is 3.11. The summed E-state index contributed by atoms with van der Waals surface area (Å²) in [5.74, 6) is 1.42. The van der Waals surface area contributed by atoms with Crippen molar-refractivity contribution < 1.29 is 14.3 Å². The van der Waals surface area contributed by atoms with Gasteiger partial charge in [-0.05, 0) is 47.5 Å². The lowest BCUT2D eigenvalue weighted by Gasteiger charge is -2.09. The molecule has 0 aliphatic carbocycles. The molecule has 0 radical (unpaired) electrons. The van der Waals surface area contributed by atoms with Crippen molar-refractivity contribution in [2.75, 3.05) is 6.61 Å². The highest BCUT2D eigenvalue weighted by atomic mass is 35.5. The first-order valence-corrected chi connectivity index (χ1v) is 7.21. The average molecular weight is 301 g/mol. The molecule has 4 rings (SSSR count). The summed E-state index contributed by atoms with van der Waals surface area (Å²) in [7, 11) is 0. The number of hydrogen-bond acceptors (Lipinski definition) is 3. The molecule has 1 aliphatic heterocycles. The number of fused-ring (bicyclic) bond motifs is 2. The number of rotatable bonds is 2. The standard InChI is InChI=1S/C17H13ClO3/c18-13-2-4-15-12(8-13)9-16(21-15)17(19)11-1-3-14-10(7-11)5-6-20-14/h1-4,7-9,17,19H,5-6H2. The predicted octanol–water partition coefficient (Wildman–Crippen LogP) is 4.10. The second-order valence-electron chi connectivity index (χ2n) is 5.20. The van der Waals surface area contributed by atoms with E-state index in [1.165, 1.54) is 0 Å². The Bertz CT molecular complexity index is 822. The van der Waals surface area contributed by atoms with Gasteiger partial charge < -0.3 is 14.3 Å². The highest BCUT2D eigenvalue weighted by Crippen LogP contribution is 2.33. The second-order valence-corrected chi connectivity index (χ2v) is 5.64. The molecule has 106 valence electrons. The number of furan rings is 1. The highest BCUT2D eigenvalue weighted by molar-refractivity contribution is 6.31. The molecule has 4 heteroatoms. The van der Waals surface area contributed by atoms with Crippen LogP contribution < -0.4 is 4.74 Å². The van der Waals surface area contributed by atoms with Crippen LogP contribution in [0.15, 0.2) is 46.9 Å². The lowest BCUT2D eigenvalue weighted by Crippen LogP contribution is -1.98. The van der Waals surface area contributed by atoms with E-state index in [1.807, 2.05) is 36.4 Å². The summed E-state index contributed by atoms with van der Waals surface area (Å²) >= 11 is 5.97. The molecule has 1 unspecified atom stereocenters. The minimum absolute atomic E-state index is 0.520. The molecule has 0 saturated heterocycles. The Kier molecular flexibility index (Phi) is 2.91. The summed E-state index contributed by atoms with van der Waals surface area (Å²) in [4.78, 5) is 0. The van der Waals surface area contributed by atoms with Crippen LogP contribution in [0.4, 0.5) is 0 Å². The van der Waals surface area contributed by atoms with Crippen molar-refractivity contribution in [2.45, 2.75) is 12.5 Å². The molecule has 2 aromatic carbocycles. The van der Waals surface area contributed by atoms with Crippen molar-refractivity contribution >= 4 is 22.6 Å². The van der Waals surface area contributed by atoms with Crippen LogP contribution >= 0.6 is 11.6 Å². The molecule has 1 aromatic heterocycles. The minimum Gasteiger partial charge on any atom is -0.493 e. The van der Waals surface area contributed by atoms with Crippen LogP contribution in [0.2, 0.25) is 5.02 Å². The lowest BCUT2D eigenvalue weighted by molar-refractivity contribution is 0.192. The van der Waals surface area contributed by atoms with Crippen molar-refractivity contribution in [1.82, 2.24) is 0 Å². The van der Waals surface area contributed by atoms with Gasteiger partial charge in [-0.2, -0.15) is 0 Å². The zero-order chi connectivity index (χ0) is 14.4. The van der Waals surface area contributed by atoms with Crippen LogP contribution in [0.3, 0.4) is 0 Å². The van der Waals surface area contributed by atoms with E-state index in [9.17, 15) is 5.11 Å². The third-order valence-corrected chi connectivity index (χ3v) is 4.03. The first kappa shape index (κ1) is 12.7. The number of halogens is 1. The van der Waals surface area contributed by atoms with Crippen molar-refractivity contribution in [2.24, 2.45) is 0 Å². The largest absolute Gasteiger partial charge is 0.493 e. The Morgan fingerprint density at radius 1 is 1.10 bits per heavy atom. The summed E-state index contributed by atoms with van der Waals surface area (Å²) in [6, 6.07) is 13.0. The molecule has 0 amide bonds. The van der Waals surface area contributed by atoms with E-state index in [2.05, 4.69) is 0 Å². The fraction of sp³-hybridized carbons (Fsp3) is 0.176. The van der Waals surface area contributed by atoms with E-state index in [1.54, 1.807) is 6.07 Å². The second kappa shape index (κ2) is 4.79. The SMILES string of the molecule is OC(c1ccc2c(c1)CCO2)c1cc2cc(Cl)ccc2o1. The van der Waals surface area contributed by atoms with Gasteiger partial charge in [0, 0.05) is 16.8 Å². The third-order valence-electron chi connectivity index (χ3n) is 3.80. The summed E-state index contributed by atoms with van der Waals surface area (Å²) in [5.41, 5.74) is 2.66. The normalized spacial score (nSPS) is 15.0. The van der Waals surface area contributed by atoms with Crippen LogP contribution in [-0.4, -0.2) is 11.7 Å². The predicted molar refractivity (Wildman–Crippen MR) is 80.9 cm³/mol.